The lowest BCUT2D eigenvalue weighted by molar-refractivity contribution is 0.734. The van der Waals surface area contributed by atoms with Gasteiger partial charge in [-0.05, 0) is 49.5 Å². The Hall–Kier alpha value is -1.36. The smallest absolute Gasteiger partial charge is 0.191 e. The van der Waals surface area contributed by atoms with Crippen molar-refractivity contribution in [2.45, 2.75) is 26.3 Å². The second kappa shape index (κ2) is 11.2. The van der Waals surface area contributed by atoms with Gasteiger partial charge < -0.3 is 15.5 Å². The van der Waals surface area contributed by atoms with E-state index in [9.17, 15) is 0 Å². The van der Waals surface area contributed by atoms with E-state index in [0.717, 1.165) is 19.0 Å². The Morgan fingerprint density at radius 3 is 2.45 bits per heavy atom. The number of aliphatic imine (C=N–C) groups is 1. The van der Waals surface area contributed by atoms with Gasteiger partial charge in [0.1, 0.15) is 0 Å². The summed E-state index contributed by atoms with van der Waals surface area (Å²) in [7, 11) is 4.11. The number of rotatable bonds is 9. The zero-order valence-electron chi connectivity index (χ0n) is 14.4. The van der Waals surface area contributed by atoms with Crippen molar-refractivity contribution in [2.24, 2.45) is 4.99 Å². The largest absolute Gasteiger partial charge is 0.378 e. The second-order valence-corrected chi connectivity index (χ2v) is 6.37. The summed E-state index contributed by atoms with van der Waals surface area (Å²) in [5.74, 6) is 2.14. The molecular formula is C17H30N4S. The van der Waals surface area contributed by atoms with Crippen LogP contribution in [0, 0.1) is 0 Å². The van der Waals surface area contributed by atoms with Gasteiger partial charge in [0.2, 0.25) is 0 Å². The van der Waals surface area contributed by atoms with E-state index in [2.05, 4.69) is 72.1 Å². The van der Waals surface area contributed by atoms with Gasteiger partial charge in [0.05, 0.1) is 6.54 Å². The Labute approximate surface area is 139 Å². The van der Waals surface area contributed by atoms with E-state index in [1.807, 2.05) is 11.8 Å². The van der Waals surface area contributed by atoms with E-state index < -0.39 is 0 Å². The van der Waals surface area contributed by atoms with E-state index in [1.54, 1.807) is 0 Å². The van der Waals surface area contributed by atoms with Crippen molar-refractivity contribution in [2.75, 3.05) is 44.1 Å². The van der Waals surface area contributed by atoms with E-state index in [1.165, 1.54) is 29.8 Å². The Bertz CT molecular complexity index is 429. The number of unbranched alkanes of at least 4 members (excludes halogenated alkanes) is 1. The molecule has 124 valence electrons. The van der Waals surface area contributed by atoms with Gasteiger partial charge in [-0.15, -0.1) is 0 Å². The Morgan fingerprint density at radius 1 is 1.14 bits per heavy atom. The van der Waals surface area contributed by atoms with Crippen LogP contribution in [0.1, 0.15) is 25.3 Å². The zero-order chi connectivity index (χ0) is 16.2. The first-order valence-electron chi connectivity index (χ1n) is 7.94. The predicted octanol–water partition coefficient (Wildman–Crippen LogP) is 2.95. The minimum atomic E-state index is 0.702. The van der Waals surface area contributed by atoms with E-state index in [-0.39, 0.29) is 0 Å². The highest BCUT2D eigenvalue weighted by Gasteiger charge is 1.99. The molecule has 1 aromatic carbocycles. The van der Waals surface area contributed by atoms with Gasteiger partial charge in [0.25, 0.3) is 0 Å². The third kappa shape index (κ3) is 7.59. The summed E-state index contributed by atoms with van der Waals surface area (Å²) in [5, 5.41) is 6.70. The molecule has 0 aliphatic carbocycles. The molecular weight excluding hydrogens is 292 g/mol. The highest BCUT2D eigenvalue weighted by molar-refractivity contribution is 7.98. The van der Waals surface area contributed by atoms with Crippen LogP contribution >= 0.6 is 11.8 Å². The van der Waals surface area contributed by atoms with Crippen LogP contribution in [0.5, 0.6) is 0 Å². The van der Waals surface area contributed by atoms with Crippen LogP contribution < -0.4 is 15.5 Å². The number of thioether (sulfide) groups is 1. The molecule has 1 rings (SSSR count). The van der Waals surface area contributed by atoms with Crippen molar-refractivity contribution >= 4 is 23.4 Å². The lowest BCUT2D eigenvalue weighted by atomic mass is 10.2. The summed E-state index contributed by atoms with van der Waals surface area (Å²) in [6.45, 7) is 4.66. The van der Waals surface area contributed by atoms with Crippen molar-refractivity contribution in [1.82, 2.24) is 10.6 Å². The molecule has 0 amide bonds. The lowest BCUT2D eigenvalue weighted by Crippen LogP contribution is -2.37. The molecule has 0 aliphatic rings. The highest BCUT2D eigenvalue weighted by Crippen LogP contribution is 2.12. The molecule has 22 heavy (non-hydrogen) atoms. The molecule has 2 N–H and O–H groups in total. The number of guanidine groups is 1. The summed E-state index contributed by atoms with van der Waals surface area (Å²) in [6, 6.07) is 8.54. The molecule has 0 bridgehead atoms. The summed E-state index contributed by atoms with van der Waals surface area (Å²) in [6.07, 6.45) is 4.59. The van der Waals surface area contributed by atoms with Crippen molar-refractivity contribution in [3.05, 3.63) is 29.8 Å². The molecule has 4 nitrogen and oxygen atoms in total. The molecule has 0 atom stereocenters. The monoisotopic (exact) mass is 322 g/mol. The van der Waals surface area contributed by atoms with Crippen molar-refractivity contribution in [1.29, 1.82) is 0 Å². The number of anilines is 1. The topological polar surface area (TPSA) is 39.7 Å². The molecule has 5 heteroatoms. The fourth-order valence-electron chi connectivity index (χ4n) is 1.99. The molecule has 0 heterocycles. The quantitative estimate of drug-likeness (QED) is 0.417. The maximum absolute atomic E-state index is 4.65. The number of hydrogen-bond acceptors (Lipinski definition) is 3. The molecule has 0 unspecified atom stereocenters. The van der Waals surface area contributed by atoms with Crippen LogP contribution in [-0.4, -0.2) is 45.2 Å². The summed E-state index contributed by atoms with van der Waals surface area (Å²) < 4.78 is 0. The SMILES string of the molecule is CCNC(=NCc1ccc(N(C)C)cc1)NCCCCSC. The first kappa shape index (κ1) is 18.7. The van der Waals surface area contributed by atoms with Crippen LogP contribution in [0.4, 0.5) is 5.69 Å². The highest BCUT2D eigenvalue weighted by atomic mass is 32.2. The van der Waals surface area contributed by atoms with Gasteiger partial charge in [-0.3, -0.25) is 0 Å². The standard InChI is InChI=1S/C17H30N4S/c1-5-18-17(19-12-6-7-13-22-4)20-14-15-8-10-16(11-9-15)21(2)3/h8-11H,5-7,12-14H2,1-4H3,(H2,18,19,20). The van der Waals surface area contributed by atoms with Crippen molar-refractivity contribution in [3.63, 3.8) is 0 Å². The summed E-state index contributed by atoms with van der Waals surface area (Å²) in [4.78, 5) is 6.76. The fourth-order valence-corrected chi connectivity index (χ4v) is 2.48. The number of benzene rings is 1. The minimum absolute atomic E-state index is 0.702. The average molecular weight is 323 g/mol. The van der Waals surface area contributed by atoms with Gasteiger partial charge >= 0.3 is 0 Å². The van der Waals surface area contributed by atoms with Gasteiger partial charge in [-0.2, -0.15) is 11.8 Å². The number of nitrogens with zero attached hydrogens (tertiary/aromatic N) is 2. The second-order valence-electron chi connectivity index (χ2n) is 5.38. The molecule has 1 aromatic rings. The Balaban J connectivity index is 2.46. The van der Waals surface area contributed by atoms with E-state index >= 15 is 0 Å². The normalized spacial score (nSPS) is 11.4. The Kier molecular flexibility index (Phi) is 9.55. The molecule has 0 spiro atoms. The Morgan fingerprint density at radius 2 is 1.86 bits per heavy atom. The molecule has 0 saturated heterocycles. The first-order valence-corrected chi connectivity index (χ1v) is 9.34. The van der Waals surface area contributed by atoms with Crippen molar-refractivity contribution in [3.8, 4) is 0 Å². The molecule has 0 aliphatic heterocycles. The zero-order valence-corrected chi connectivity index (χ0v) is 15.2. The maximum Gasteiger partial charge on any atom is 0.191 e. The summed E-state index contributed by atoms with van der Waals surface area (Å²) in [5.41, 5.74) is 2.44. The fraction of sp³-hybridized carbons (Fsp3) is 0.588. The molecule has 0 saturated carbocycles. The third-order valence-electron chi connectivity index (χ3n) is 3.28. The van der Waals surface area contributed by atoms with Crippen LogP contribution in [0.15, 0.2) is 29.3 Å². The van der Waals surface area contributed by atoms with Crippen LogP contribution in [-0.2, 0) is 6.54 Å². The predicted molar refractivity (Wildman–Crippen MR) is 101 cm³/mol. The number of nitrogens with one attached hydrogen (secondary N) is 2. The van der Waals surface area contributed by atoms with Gasteiger partial charge in [-0.1, -0.05) is 12.1 Å². The van der Waals surface area contributed by atoms with Crippen LogP contribution in [0.2, 0.25) is 0 Å². The van der Waals surface area contributed by atoms with Gasteiger partial charge in [0, 0.05) is 32.9 Å². The summed E-state index contributed by atoms with van der Waals surface area (Å²) >= 11 is 1.90. The number of hydrogen-bond donors (Lipinski definition) is 2. The molecule has 0 fully saturated rings. The lowest BCUT2D eigenvalue weighted by Gasteiger charge is -2.13. The van der Waals surface area contributed by atoms with Gasteiger partial charge in [-0.25, -0.2) is 4.99 Å². The first-order chi connectivity index (χ1) is 10.7. The van der Waals surface area contributed by atoms with E-state index in [4.69, 9.17) is 0 Å². The molecule has 0 radical (unpaired) electrons. The minimum Gasteiger partial charge on any atom is -0.378 e. The average Bonchev–Trinajstić information content (AvgIpc) is 2.52. The molecule has 0 aromatic heterocycles. The van der Waals surface area contributed by atoms with Crippen molar-refractivity contribution < 1.29 is 0 Å². The van der Waals surface area contributed by atoms with Crippen LogP contribution in [0.3, 0.4) is 0 Å². The third-order valence-corrected chi connectivity index (χ3v) is 3.98. The maximum atomic E-state index is 4.65. The van der Waals surface area contributed by atoms with E-state index in [0.29, 0.717) is 6.54 Å². The van der Waals surface area contributed by atoms with Gasteiger partial charge in [0.15, 0.2) is 5.96 Å². The van der Waals surface area contributed by atoms with Crippen LogP contribution in [0.25, 0.3) is 0 Å².